The van der Waals surface area contributed by atoms with Crippen LogP contribution in [0.25, 0.3) is 0 Å². The molecule has 1 aliphatic heterocycles. The average Bonchev–Trinajstić information content (AvgIpc) is 3.24. The molecule has 0 saturated carbocycles. The Morgan fingerprint density at radius 1 is 0.568 bits per heavy atom. The van der Waals surface area contributed by atoms with Crippen LogP contribution in [0.1, 0.15) is 162 Å². The monoisotopic (exact) mass is 630 g/mol. The summed E-state index contributed by atoms with van der Waals surface area (Å²) in [4.78, 5) is 11.7. The van der Waals surface area contributed by atoms with Gasteiger partial charge in [-0.2, -0.15) is 0 Å². The Kier molecular flexibility index (Phi) is 22.5. The number of hydrogen-bond acceptors (Lipinski definition) is 9. The van der Waals surface area contributed by atoms with Gasteiger partial charge in [0.05, 0.1) is 36.6 Å². The van der Waals surface area contributed by atoms with Gasteiger partial charge in [0, 0.05) is 18.9 Å². The minimum Gasteiger partial charge on any atom is -0.426 e. The predicted molar refractivity (Wildman–Crippen MR) is 173 cm³/mol. The Bertz CT molecular complexity index is 756. The van der Waals surface area contributed by atoms with E-state index in [0.717, 1.165) is 44.9 Å². The Labute approximate surface area is 266 Å². The molecule has 0 aromatic heterocycles. The number of ether oxygens (including phenoxy) is 1. The summed E-state index contributed by atoms with van der Waals surface area (Å²) in [6.07, 6.45) is 16.1. The van der Waals surface area contributed by atoms with E-state index in [9.17, 15) is 40.5 Å². The van der Waals surface area contributed by atoms with Gasteiger partial charge >= 0.3 is 5.97 Å². The van der Waals surface area contributed by atoms with Gasteiger partial charge in [-0.05, 0) is 51.0 Å². The summed E-state index contributed by atoms with van der Waals surface area (Å²) in [6.45, 7) is 3.61. The fourth-order valence-corrected chi connectivity index (χ4v) is 5.93. The lowest BCUT2D eigenvalue weighted by atomic mass is 9.96. The number of hydrogen-bond donors (Lipinski definition) is 7. The first-order valence-corrected chi connectivity index (χ1v) is 17.7. The van der Waals surface area contributed by atoms with Gasteiger partial charge < -0.3 is 40.5 Å². The molecule has 7 N–H and O–H groups in total. The molecular formula is C35H66O9. The molecule has 1 rings (SSSR count). The highest BCUT2D eigenvalue weighted by atomic mass is 16.7. The van der Waals surface area contributed by atoms with E-state index < -0.39 is 48.4 Å². The summed E-state index contributed by atoms with van der Waals surface area (Å²) >= 11 is 0. The topological polar surface area (TPSA) is 168 Å². The summed E-state index contributed by atoms with van der Waals surface area (Å²) in [6, 6.07) is 0. The smallest absolute Gasteiger partial charge is 0.336 e. The van der Waals surface area contributed by atoms with Crippen LogP contribution in [0.2, 0.25) is 0 Å². The van der Waals surface area contributed by atoms with E-state index in [4.69, 9.17) is 4.74 Å². The number of aliphatic hydroxyl groups excluding tert-OH is 6. The van der Waals surface area contributed by atoms with Crippen LogP contribution in [-0.4, -0.2) is 84.1 Å². The number of carbonyl (C=O) groups excluding carboxylic acids is 1. The lowest BCUT2D eigenvalue weighted by Crippen LogP contribution is -2.31. The standard InChI is InChI=1S/C35H66O9/c1-3-4-5-6-7-8-9-10-11-15-21-30(38)32(40)23-24-33(41)31(39)22-17-16-19-28(36)18-13-12-14-20-29(37)25-27-26-35(2,43)44-34(27)42/h26,28-33,36-41,43H,3-25H2,1-2H3/t28-,29-,30+,31-,32-,33+,35+/m1/s1. The van der Waals surface area contributed by atoms with Crippen molar-refractivity contribution in [3.63, 3.8) is 0 Å². The summed E-state index contributed by atoms with van der Waals surface area (Å²) < 4.78 is 4.79. The minimum atomic E-state index is -1.60. The van der Waals surface area contributed by atoms with Crippen molar-refractivity contribution in [2.24, 2.45) is 0 Å². The van der Waals surface area contributed by atoms with Gasteiger partial charge in [-0.15, -0.1) is 0 Å². The van der Waals surface area contributed by atoms with Crippen LogP contribution in [0, 0.1) is 0 Å². The number of carbonyl (C=O) groups is 1. The molecule has 0 aromatic carbocycles. The molecule has 9 heteroatoms. The van der Waals surface area contributed by atoms with E-state index in [1.807, 2.05) is 0 Å². The Morgan fingerprint density at radius 3 is 1.41 bits per heavy atom. The molecule has 0 amide bonds. The van der Waals surface area contributed by atoms with Crippen molar-refractivity contribution in [3.05, 3.63) is 11.6 Å². The van der Waals surface area contributed by atoms with E-state index in [1.54, 1.807) is 0 Å². The van der Waals surface area contributed by atoms with E-state index in [0.29, 0.717) is 44.1 Å². The second kappa shape index (κ2) is 24.2. The highest BCUT2D eigenvalue weighted by molar-refractivity contribution is 5.91. The zero-order valence-corrected chi connectivity index (χ0v) is 27.8. The molecule has 1 aliphatic rings. The molecule has 0 bridgehead atoms. The molecule has 0 spiro atoms. The van der Waals surface area contributed by atoms with Gasteiger partial charge in [-0.1, -0.05) is 103 Å². The van der Waals surface area contributed by atoms with Crippen molar-refractivity contribution >= 4 is 5.97 Å². The molecule has 1 heterocycles. The molecule has 7 atom stereocenters. The minimum absolute atomic E-state index is 0.153. The van der Waals surface area contributed by atoms with Crippen LogP contribution < -0.4 is 0 Å². The third kappa shape index (κ3) is 20.1. The number of rotatable bonds is 29. The highest BCUT2D eigenvalue weighted by Gasteiger charge is 2.34. The molecule has 0 aromatic rings. The molecule has 0 radical (unpaired) electrons. The third-order valence-electron chi connectivity index (χ3n) is 8.82. The van der Waals surface area contributed by atoms with Crippen molar-refractivity contribution in [1.82, 2.24) is 0 Å². The average molecular weight is 631 g/mol. The maximum absolute atomic E-state index is 11.7. The molecule has 260 valence electrons. The second-order valence-electron chi connectivity index (χ2n) is 13.4. The predicted octanol–water partition coefficient (Wildman–Crippen LogP) is 5.34. The Hall–Kier alpha value is -1.07. The highest BCUT2D eigenvalue weighted by Crippen LogP contribution is 2.26. The molecule has 0 fully saturated rings. The van der Waals surface area contributed by atoms with Crippen molar-refractivity contribution in [1.29, 1.82) is 0 Å². The van der Waals surface area contributed by atoms with E-state index in [2.05, 4.69) is 6.92 Å². The zero-order chi connectivity index (χ0) is 32.8. The van der Waals surface area contributed by atoms with Crippen LogP contribution in [-0.2, 0) is 9.53 Å². The molecule has 0 unspecified atom stereocenters. The maximum Gasteiger partial charge on any atom is 0.336 e. The first kappa shape index (κ1) is 41.0. The van der Waals surface area contributed by atoms with Gasteiger partial charge in [-0.25, -0.2) is 4.79 Å². The van der Waals surface area contributed by atoms with Crippen LogP contribution >= 0.6 is 0 Å². The maximum atomic E-state index is 11.7. The van der Waals surface area contributed by atoms with Crippen LogP contribution in [0.5, 0.6) is 0 Å². The first-order valence-electron chi connectivity index (χ1n) is 17.7. The third-order valence-corrected chi connectivity index (χ3v) is 8.82. The fraction of sp³-hybridized carbons (Fsp3) is 0.914. The van der Waals surface area contributed by atoms with Gasteiger partial charge in [0.15, 0.2) is 0 Å². The SMILES string of the molecule is CCCCCCCCCCCC[C@H](O)[C@H](O)CC[C@H](O)[C@H](O)CCCC[C@H](O)CCCCC[C@@H](O)CC1=C[C@@](C)(O)OC1=O. The van der Waals surface area contributed by atoms with E-state index in [-0.39, 0.29) is 19.3 Å². The van der Waals surface area contributed by atoms with E-state index in [1.165, 1.54) is 57.9 Å². The van der Waals surface area contributed by atoms with Crippen molar-refractivity contribution < 1.29 is 45.3 Å². The Morgan fingerprint density at radius 2 is 0.932 bits per heavy atom. The van der Waals surface area contributed by atoms with Crippen molar-refractivity contribution in [3.8, 4) is 0 Å². The van der Waals surface area contributed by atoms with Gasteiger partial charge in [0.25, 0.3) is 0 Å². The van der Waals surface area contributed by atoms with E-state index >= 15 is 0 Å². The number of aliphatic hydroxyl groups is 7. The molecule has 0 saturated heterocycles. The number of esters is 1. The van der Waals surface area contributed by atoms with Crippen LogP contribution in [0.3, 0.4) is 0 Å². The molecule has 9 nitrogen and oxygen atoms in total. The fourth-order valence-electron chi connectivity index (χ4n) is 5.93. The molecule has 0 aliphatic carbocycles. The molecule has 44 heavy (non-hydrogen) atoms. The summed E-state index contributed by atoms with van der Waals surface area (Å²) in [7, 11) is 0. The number of cyclic esters (lactones) is 1. The lowest BCUT2D eigenvalue weighted by molar-refractivity contribution is -0.173. The van der Waals surface area contributed by atoms with Gasteiger partial charge in [0.1, 0.15) is 0 Å². The first-order chi connectivity index (χ1) is 20.9. The Balaban J connectivity index is 2.01. The normalized spacial score (nSPS) is 21.0. The van der Waals surface area contributed by atoms with Crippen LogP contribution in [0.4, 0.5) is 0 Å². The summed E-state index contributed by atoms with van der Waals surface area (Å²) in [5.41, 5.74) is 0.293. The number of unbranched alkanes of at least 4 members (excludes halogenated alkanes) is 12. The molecular weight excluding hydrogens is 564 g/mol. The van der Waals surface area contributed by atoms with Gasteiger partial charge in [0.2, 0.25) is 5.79 Å². The largest absolute Gasteiger partial charge is 0.426 e. The zero-order valence-electron chi connectivity index (χ0n) is 27.8. The van der Waals surface area contributed by atoms with Crippen molar-refractivity contribution in [2.75, 3.05) is 0 Å². The van der Waals surface area contributed by atoms with Crippen molar-refractivity contribution in [2.45, 2.75) is 204 Å². The lowest BCUT2D eigenvalue weighted by Gasteiger charge is -2.22. The quantitative estimate of drug-likeness (QED) is 0.0426. The van der Waals surface area contributed by atoms with Crippen LogP contribution in [0.15, 0.2) is 11.6 Å². The summed E-state index contributed by atoms with van der Waals surface area (Å²) in [5, 5.41) is 71.3. The van der Waals surface area contributed by atoms with Gasteiger partial charge in [-0.3, -0.25) is 0 Å². The second-order valence-corrected chi connectivity index (χ2v) is 13.4. The summed E-state index contributed by atoms with van der Waals surface area (Å²) in [5.74, 6) is -2.19.